The molecule has 1 heterocycles. The van der Waals surface area contributed by atoms with Crippen LogP contribution >= 0.6 is 0 Å². The predicted molar refractivity (Wildman–Crippen MR) is 50.6 cm³/mol. The molecule has 0 amide bonds. The monoisotopic (exact) mass is 217 g/mol. The molecule has 0 aliphatic rings. The first-order valence-corrected chi connectivity index (χ1v) is 4.36. The van der Waals surface area contributed by atoms with Crippen molar-refractivity contribution in [2.24, 2.45) is 0 Å². The Bertz CT molecular complexity index is 393. The van der Waals surface area contributed by atoms with Gasteiger partial charge in [0, 0.05) is 12.8 Å². The SMILES string of the molecule is Nc1nc(=O)n(C[C@@H](O)CCO)cc1F. The molecule has 4 N–H and O–H groups in total. The number of nitrogens with two attached hydrogens (primary N) is 1. The quantitative estimate of drug-likeness (QED) is 0.582. The highest BCUT2D eigenvalue weighted by atomic mass is 19.1. The molecule has 0 radical (unpaired) electrons. The fourth-order valence-electron chi connectivity index (χ4n) is 1.08. The zero-order chi connectivity index (χ0) is 11.4. The van der Waals surface area contributed by atoms with Crippen LogP contribution in [0.4, 0.5) is 10.2 Å². The van der Waals surface area contributed by atoms with E-state index < -0.39 is 23.4 Å². The summed E-state index contributed by atoms with van der Waals surface area (Å²) in [5.74, 6) is -1.28. The molecule has 84 valence electrons. The van der Waals surface area contributed by atoms with Gasteiger partial charge in [0.25, 0.3) is 0 Å². The van der Waals surface area contributed by atoms with Gasteiger partial charge in [-0.2, -0.15) is 4.98 Å². The molecular formula is C8H12FN3O3. The summed E-state index contributed by atoms with van der Waals surface area (Å²) in [5, 5.41) is 17.8. The van der Waals surface area contributed by atoms with Crippen LogP contribution in [-0.2, 0) is 6.54 Å². The van der Waals surface area contributed by atoms with Crippen LogP contribution in [0, 0.1) is 5.82 Å². The van der Waals surface area contributed by atoms with E-state index in [-0.39, 0.29) is 19.6 Å². The molecule has 0 aromatic carbocycles. The molecule has 0 fully saturated rings. The van der Waals surface area contributed by atoms with Gasteiger partial charge in [-0.15, -0.1) is 0 Å². The predicted octanol–water partition coefficient (Wildman–Crippen LogP) is -1.29. The van der Waals surface area contributed by atoms with Crippen molar-refractivity contribution in [3.05, 3.63) is 22.5 Å². The van der Waals surface area contributed by atoms with Crippen LogP contribution in [0.1, 0.15) is 6.42 Å². The largest absolute Gasteiger partial charge is 0.396 e. The Balaban J connectivity index is 2.86. The maximum Gasteiger partial charge on any atom is 0.349 e. The fraction of sp³-hybridized carbons (Fsp3) is 0.500. The Morgan fingerprint density at radius 2 is 2.33 bits per heavy atom. The van der Waals surface area contributed by atoms with Crippen molar-refractivity contribution in [2.45, 2.75) is 19.1 Å². The molecule has 0 bridgehead atoms. The smallest absolute Gasteiger partial charge is 0.349 e. The normalized spacial score (nSPS) is 12.7. The number of halogens is 1. The lowest BCUT2D eigenvalue weighted by Crippen LogP contribution is -2.29. The first-order valence-electron chi connectivity index (χ1n) is 4.36. The first kappa shape index (κ1) is 11.6. The summed E-state index contributed by atoms with van der Waals surface area (Å²) in [4.78, 5) is 14.4. The van der Waals surface area contributed by atoms with Gasteiger partial charge in [-0.05, 0) is 6.42 Å². The van der Waals surface area contributed by atoms with Gasteiger partial charge in [-0.25, -0.2) is 9.18 Å². The minimum absolute atomic E-state index is 0.110. The minimum Gasteiger partial charge on any atom is -0.396 e. The van der Waals surface area contributed by atoms with Gasteiger partial charge in [0.05, 0.1) is 12.6 Å². The van der Waals surface area contributed by atoms with E-state index in [1.54, 1.807) is 0 Å². The molecule has 0 unspecified atom stereocenters. The summed E-state index contributed by atoms with van der Waals surface area (Å²) in [6, 6.07) is 0. The lowest BCUT2D eigenvalue weighted by molar-refractivity contribution is 0.115. The van der Waals surface area contributed by atoms with E-state index >= 15 is 0 Å². The molecule has 6 nitrogen and oxygen atoms in total. The number of nitrogens with zero attached hydrogens (tertiary/aromatic N) is 2. The van der Waals surface area contributed by atoms with Crippen molar-refractivity contribution in [1.29, 1.82) is 0 Å². The second-order valence-corrected chi connectivity index (χ2v) is 3.08. The zero-order valence-corrected chi connectivity index (χ0v) is 7.93. The third-order valence-corrected chi connectivity index (χ3v) is 1.85. The Morgan fingerprint density at radius 3 is 2.93 bits per heavy atom. The summed E-state index contributed by atoms with van der Waals surface area (Å²) in [6.07, 6.45) is 0.0708. The maximum absolute atomic E-state index is 12.9. The third-order valence-electron chi connectivity index (χ3n) is 1.85. The number of hydrogen-bond acceptors (Lipinski definition) is 5. The number of nitrogen functional groups attached to an aromatic ring is 1. The lowest BCUT2D eigenvalue weighted by Gasteiger charge is -2.10. The van der Waals surface area contributed by atoms with Crippen LogP contribution in [0.5, 0.6) is 0 Å². The van der Waals surface area contributed by atoms with Crippen molar-refractivity contribution >= 4 is 5.82 Å². The summed E-state index contributed by atoms with van der Waals surface area (Å²) in [5.41, 5.74) is 4.35. The van der Waals surface area contributed by atoms with Crippen LogP contribution in [0.25, 0.3) is 0 Å². The second kappa shape index (κ2) is 4.85. The molecule has 1 atom stereocenters. The van der Waals surface area contributed by atoms with E-state index in [1.807, 2.05) is 0 Å². The summed E-state index contributed by atoms with van der Waals surface area (Å²) < 4.78 is 13.8. The van der Waals surface area contributed by atoms with Gasteiger partial charge in [0.2, 0.25) is 0 Å². The highest BCUT2D eigenvalue weighted by molar-refractivity contribution is 5.26. The van der Waals surface area contributed by atoms with Crippen molar-refractivity contribution in [2.75, 3.05) is 12.3 Å². The van der Waals surface area contributed by atoms with Crippen molar-refractivity contribution < 1.29 is 14.6 Å². The van der Waals surface area contributed by atoms with E-state index in [9.17, 15) is 14.3 Å². The van der Waals surface area contributed by atoms with E-state index in [1.165, 1.54) is 0 Å². The minimum atomic E-state index is -0.919. The molecule has 7 heteroatoms. The molecule has 0 spiro atoms. The lowest BCUT2D eigenvalue weighted by atomic mass is 10.2. The van der Waals surface area contributed by atoms with Gasteiger partial charge >= 0.3 is 5.69 Å². The van der Waals surface area contributed by atoms with E-state index in [4.69, 9.17) is 10.8 Å². The van der Waals surface area contributed by atoms with E-state index in [2.05, 4.69) is 4.98 Å². The third kappa shape index (κ3) is 3.00. The zero-order valence-electron chi connectivity index (χ0n) is 7.93. The molecule has 15 heavy (non-hydrogen) atoms. The number of rotatable bonds is 4. The number of hydrogen-bond donors (Lipinski definition) is 3. The maximum atomic E-state index is 12.9. The highest BCUT2D eigenvalue weighted by Crippen LogP contribution is 2.02. The molecule has 0 aliphatic carbocycles. The van der Waals surface area contributed by atoms with Crippen LogP contribution in [0.15, 0.2) is 11.0 Å². The molecule has 0 saturated heterocycles. The molecule has 0 aliphatic heterocycles. The Morgan fingerprint density at radius 1 is 1.67 bits per heavy atom. The summed E-state index contributed by atoms with van der Waals surface area (Å²) in [6.45, 7) is -0.329. The topological polar surface area (TPSA) is 101 Å². The van der Waals surface area contributed by atoms with Gasteiger partial charge in [-0.1, -0.05) is 0 Å². The Labute approximate surface area is 84.8 Å². The second-order valence-electron chi connectivity index (χ2n) is 3.08. The van der Waals surface area contributed by atoms with Crippen LogP contribution in [-0.4, -0.2) is 32.5 Å². The standard InChI is InChI=1S/C8H12FN3O3/c9-6-4-12(3-5(14)1-2-13)8(15)11-7(6)10/h4-5,13-14H,1-3H2,(H2,10,11,15)/t5-/m0/s1. The fourth-order valence-corrected chi connectivity index (χ4v) is 1.08. The summed E-state index contributed by atoms with van der Waals surface area (Å²) >= 11 is 0. The molecule has 1 aromatic heterocycles. The van der Waals surface area contributed by atoms with E-state index in [0.717, 1.165) is 10.8 Å². The van der Waals surface area contributed by atoms with Gasteiger partial charge in [0.15, 0.2) is 11.6 Å². The van der Waals surface area contributed by atoms with Crippen molar-refractivity contribution in [1.82, 2.24) is 9.55 Å². The van der Waals surface area contributed by atoms with Crippen molar-refractivity contribution in [3.63, 3.8) is 0 Å². The van der Waals surface area contributed by atoms with Gasteiger partial charge in [0.1, 0.15) is 0 Å². The van der Waals surface area contributed by atoms with Gasteiger partial charge in [-0.3, -0.25) is 4.57 Å². The Kier molecular flexibility index (Phi) is 3.75. The molecular weight excluding hydrogens is 205 g/mol. The average Bonchev–Trinajstić information content (AvgIpc) is 2.14. The molecule has 1 rings (SSSR count). The van der Waals surface area contributed by atoms with Crippen LogP contribution in [0.3, 0.4) is 0 Å². The Hall–Kier alpha value is -1.47. The van der Waals surface area contributed by atoms with E-state index in [0.29, 0.717) is 0 Å². The van der Waals surface area contributed by atoms with Crippen molar-refractivity contribution in [3.8, 4) is 0 Å². The first-order chi connectivity index (χ1) is 7.04. The number of anilines is 1. The number of aromatic nitrogens is 2. The molecule has 0 saturated carbocycles. The van der Waals surface area contributed by atoms with Crippen LogP contribution < -0.4 is 11.4 Å². The molecule has 1 aromatic rings. The highest BCUT2D eigenvalue weighted by Gasteiger charge is 2.09. The average molecular weight is 217 g/mol. The summed E-state index contributed by atoms with van der Waals surface area (Å²) in [7, 11) is 0. The van der Waals surface area contributed by atoms with Crippen LogP contribution in [0.2, 0.25) is 0 Å². The van der Waals surface area contributed by atoms with Gasteiger partial charge < -0.3 is 15.9 Å². The number of aliphatic hydroxyl groups is 2. The number of aliphatic hydroxyl groups excluding tert-OH is 2.